The van der Waals surface area contributed by atoms with Crippen LogP contribution in [0.5, 0.6) is 0 Å². The van der Waals surface area contributed by atoms with Gasteiger partial charge in [-0.3, -0.25) is 10.1 Å². The summed E-state index contributed by atoms with van der Waals surface area (Å²) in [4.78, 5) is 11.2. The van der Waals surface area contributed by atoms with Gasteiger partial charge in [0.25, 0.3) is 5.69 Å². The summed E-state index contributed by atoms with van der Waals surface area (Å²) < 4.78 is 0. The van der Waals surface area contributed by atoms with E-state index in [0.717, 1.165) is 30.4 Å². The lowest BCUT2D eigenvalue weighted by Crippen LogP contribution is -2.36. The Kier molecular flexibility index (Phi) is 2.87. The van der Waals surface area contributed by atoms with Gasteiger partial charge in [-0.05, 0) is 43.4 Å². The lowest BCUT2D eigenvalue weighted by molar-refractivity contribution is -0.386. The molecule has 0 saturated heterocycles. The predicted molar refractivity (Wildman–Crippen MR) is 77.0 cm³/mol. The summed E-state index contributed by atoms with van der Waals surface area (Å²) >= 11 is 0. The SMILES string of the molecule is NC1=CCC(N)(c2ccc3c(c2[N+](=O)[O-])CCC3)C=C1. The third-order valence-electron chi connectivity index (χ3n) is 4.19. The second kappa shape index (κ2) is 4.45. The summed E-state index contributed by atoms with van der Waals surface area (Å²) in [5, 5.41) is 11.5. The van der Waals surface area contributed by atoms with Crippen molar-refractivity contribution < 1.29 is 4.92 Å². The van der Waals surface area contributed by atoms with Gasteiger partial charge in [-0.2, -0.15) is 0 Å². The van der Waals surface area contributed by atoms with Crippen LogP contribution in [0.4, 0.5) is 5.69 Å². The van der Waals surface area contributed by atoms with Crippen LogP contribution in [0.2, 0.25) is 0 Å². The molecule has 0 fully saturated rings. The molecule has 5 nitrogen and oxygen atoms in total. The van der Waals surface area contributed by atoms with Gasteiger partial charge in [-0.15, -0.1) is 0 Å². The van der Waals surface area contributed by atoms with Crippen molar-refractivity contribution in [1.29, 1.82) is 0 Å². The number of allylic oxidation sites excluding steroid dienone is 1. The maximum atomic E-state index is 11.5. The summed E-state index contributed by atoms with van der Waals surface area (Å²) in [7, 11) is 0. The van der Waals surface area contributed by atoms with E-state index in [1.165, 1.54) is 0 Å². The van der Waals surface area contributed by atoms with Crippen molar-refractivity contribution in [3.63, 3.8) is 0 Å². The van der Waals surface area contributed by atoms with Crippen LogP contribution in [-0.2, 0) is 18.4 Å². The van der Waals surface area contributed by atoms with Crippen LogP contribution in [0.25, 0.3) is 0 Å². The van der Waals surface area contributed by atoms with Crippen LogP contribution in [0.15, 0.2) is 36.1 Å². The first-order chi connectivity index (χ1) is 9.51. The van der Waals surface area contributed by atoms with Gasteiger partial charge in [0, 0.05) is 11.3 Å². The number of benzene rings is 1. The Balaban J connectivity index is 2.16. The number of nitrogens with two attached hydrogens (primary N) is 2. The molecular weight excluding hydrogens is 254 g/mol. The number of aryl methyl sites for hydroxylation is 1. The zero-order valence-electron chi connectivity index (χ0n) is 11.1. The first-order valence-electron chi connectivity index (χ1n) is 6.75. The highest BCUT2D eigenvalue weighted by Crippen LogP contribution is 2.40. The van der Waals surface area contributed by atoms with Gasteiger partial charge < -0.3 is 11.5 Å². The molecule has 0 bridgehead atoms. The van der Waals surface area contributed by atoms with E-state index >= 15 is 0 Å². The fourth-order valence-corrected chi connectivity index (χ4v) is 3.10. The average Bonchev–Trinajstić information content (AvgIpc) is 2.89. The number of nitro benzene ring substituents is 1. The van der Waals surface area contributed by atoms with Crippen LogP contribution < -0.4 is 11.5 Å². The van der Waals surface area contributed by atoms with Gasteiger partial charge in [-0.1, -0.05) is 18.2 Å². The second-order valence-electron chi connectivity index (χ2n) is 5.49. The van der Waals surface area contributed by atoms with Gasteiger partial charge in [-0.25, -0.2) is 0 Å². The fourth-order valence-electron chi connectivity index (χ4n) is 3.10. The van der Waals surface area contributed by atoms with Crippen LogP contribution >= 0.6 is 0 Å². The zero-order valence-corrected chi connectivity index (χ0v) is 11.1. The summed E-state index contributed by atoms with van der Waals surface area (Å²) in [6.45, 7) is 0. The maximum absolute atomic E-state index is 11.5. The summed E-state index contributed by atoms with van der Waals surface area (Å²) in [5.41, 5.74) is 14.6. The van der Waals surface area contributed by atoms with Crippen LogP contribution in [-0.4, -0.2) is 4.92 Å². The average molecular weight is 271 g/mol. The molecule has 4 N–H and O–H groups in total. The highest BCUT2D eigenvalue weighted by molar-refractivity contribution is 5.58. The smallest absolute Gasteiger partial charge is 0.278 e. The van der Waals surface area contributed by atoms with E-state index < -0.39 is 5.54 Å². The normalized spacial score (nSPS) is 24.4. The molecule has 3 rings (SSSR count). The van der Waals surface area contributed by atoms with Crippen molar-refractivity contribution in [2.45, 2.75) is 31.2 Å². The third-order valence-corrected chi connectivity index (χ3v) is 4.19. The van der Waals surface area contributed by atoms with Gasteiger partial charge in [0.1, 0.15) is 0 Å². The Morgan fingerprint density at radius 1 is 1.30 bits per heavy atom. The lowest BCUT2D eigenvalue weighted by atomic mass is 9.82. The Hall–Kier alpha value is -2.14. The maximum Gasteiger partial charge on any atom is 0.278 e. The Morgan fingerprint density at radius 2 is 2.10 bits per heavy atom. The molecule has 0 aromatic heterocycles. The molecule has 2 aliphatic carbocycles. The quantitative estimate of drug-likeness (QED) is 0.635. The van der Waals surface area contributed by atoms with Gasteiger partial charge in [0.15, 0.2) is 0 Å². The molecule has 2 aliphatic rings. The van der Waals surface area contributed by atoms with Gasteiger partial charge in [0.2, 0.25) is 0 Å². The number of rotatable bonds is 2. The first-order valence-corrected chi connectivity index (χ1v) is 6.75. The molecular formula is C15H17N3O2. The number of hydrogen-bond donors (Lipinski definition) is 2. The minimum Gasteiger partial charge on any atom is -0.399 e. The van der Waals surface area contributed by atoms with E-state index in [0.29, 0.717) is 17.7 Å². The monoisotopic (exact) mass is 271 g/mol. The molecule has 1 aromatic rings. The summed E-state index contributed by atoms with van der Waals surface area (Å²) in [6, 6.07) is 3.79. The molecule has 0 heterocycles. The van der Waals surface area contributed by atoms with Crippen molar-refractivity contribution >= 4 is 5.69 Å². The third kappa shape index (κ3) is 1.91. The first kappa shape index (κ1) is 12.9. The molecule has 0 saturated carbocycles. The van der Waals surface area contributed by atoms with Crippen LogP contribution in [0, 0.1) is 10.1 Å². The number of nitrogens with zero attached hydrogens (tertiary/aromatic N) is 1. The molecule has 0 aliphatic heterocycles. The van der Waals surface area contributed by atoms with Gasteiger partial charge >= 0.3 is 0 Å². The van der Waals surface area contributed by atoms with Crippen molar-refractivity contribution in [3.05, 3.63) is 62.9 Å². The molecule has 1 atom stereocenters. The second-order valence-corrected chi connectivity index (χ2v) is 5.49. The number of hydrogen-bond acceptors (Lipinski definition) is 4. The summed E-state index contributed by atoms with van der Waals surface area (Å²) in [6.07, 6.45) is 8.44. The van der Waals surface area contributed by atoms with Crippen molar-refractivity contribution in [3.8, 4) is 0 Å². The minimum atomic E-state index is -0.844. The molecule has 1 aromatic carbocycles. The molecule has 20 heavy (non-hydrogen) atoms. The fraction of sp³-hybridized carbons (Fsp3) is 0.333. The standard InChI is InChI=1S/C15H17N3O2/c16-11-6-8-15(17,9-7-11)13-5-4-10-2-1-3-12(10)14(13)18(19)20/h4-8H,1-3,9,16-17H2. The molecule has 0 spiro atoms. The van der Waals surface area contributed by atoms with Gasteiger partial charge in [0.05, 0.1) is 16.0 Å². The largest absolute Gasteiger partial charge is 0.399 e. The molecule has 0 amide bonds. The molecule has 1 unspecified atom stereocenters. The Bertz CT molecular complexity index is 649. The Morgan fingerprint density at radius 3 is 2.75 bits per heavy atom. The zero-order chi connectivity index (χ0) is 14.3. The number of nitro groups is 1. The van der Waals surface area contributed by atoms with E-state index in [1.54, 1.807) is 12.2 Å². The van der Waals surface area contributed by atoms with Crippen LogP contribution in [0.3, 0.4) is 0 Å². The summed E-state index contributed by atoms with van der Waals surface area (Å²) in [5.74, 6) is 0. The molecule has 104 valence electrons. The van der Waals surface area contributed by atoms with E-state index in [4.69, 9.17) is 11.5 Å². The van der Waals surface area contributed by atoms with Crippen molar-refractivity contribution in [1.82, 2.24) is 0 Å². The highest BCUT2D eigenvalue weighted by atomic mass is 16.6. The van der Waals surface area contributed by atoms with E-state index in [-0.39, 0.29) is 10.6 Å². The predicted octanol–water partition coefficient (Wildman–Crippen LogP) is 2.04. The van der Waals surface area contributed by atoms with Crippen molar-refractivity contribution in [2.75, 3.05) is 0 Å². The minimum absolute atomic E-state index is 0.195. The van der Waals surface area contributed by atoms with Crippen molar-refractivity contribution in [2.24, 2.45) is 11.5 Å². The molecule has 5 heteroatoms. The highest BCUT2D eigenvalue weighted by Gasteiger charge is 2.36. The topological polar surface area (TPSA) is 95.2 Å². The number of fused-ring (bicyclic) bond motifs is 1. The van der Waals surface area contributed by atoms with E-state index in [9.17, 15) is 10.1 Å². The van der Waals surface area contributed by atoms with E-state index in [1.807, 2.05) is 18.2 Å². The van der Waals surface area contributed by atoms with E-state index in [2.05, 4.69) is 0 Å². The lowest BCUT2D eigenvalue weighted by Gasteiger charge is -2.28. The van der Waals surface area contributed by atoms with Crippen LogP contribution in [0.1, 0.15) is 29.5 Å². The molecule has 0 radical (unpaired) electrons. The Labute approximate surface area is 117 Å².